The second-order valence-corrected chi connectivity index (χ2v) is 7.18. The Morgan fingerprint density at radius 2 is 2.18 bits per heavy atom. The number of thiophene rings is 1. The van der Waals surface area contributed by atoms with Crippen LogP contribution in [0, 0.1) is 11.3 Å². The number of hydrogen-bond donors (Lipinski definition) is 2. The van der Waals surface area contributed by atoms with E-state index in [0.29, 0.717) is 34.1 Å². The molecule has 2 N–H and O–H groups in total. The van der Waals surface area contributed by atoms with Gasteiger partial charge in [-0.3, -0.25) is 4.79 Å². The van der Waals surface area contributed by atoms with Crippen LogP contribution >= 0.6 is 11.3 Å². The first-order valence-electron chi connectivity index (χ1n) is 8.57. The Kier molecular flexibility index (Phi) is 4.59. The first-order valence-corrected chi connectivity index (χ1v) is 9.45. The molecule has 0 fully saturated rings. The number of fused-ring (bicyclic) bond motifs is 1. The molecule has 1 aliphatic heterocycles. The summed E-state index contributed by atoms with van der Waals surface area (Å²) in [4.78, 5) is 14.2. The van der Waals surface area contributed by atoms with Crippen LogP contribution in [0.4, 0.5) is 11.5 Å². The fourth-order valence-electron chi connectivity index (χ4n) is 3.28. The normalized spacial score (nSPS) is 15.4. The van der Waals surface area contributed by atoms with E-state index in [1.807, 2.05) is 36.6 Å². The number of carbonyl (C=O) groups excluding carboxylic acids is 1. The zero-order valence-corrected chi connectivity index (χ0v) is 16.1. The summed E-state index contributed by atoms with van der Waals surface area (Å²) in [6.07, 6.45) is 1.51. The first kappa shape index (κ1) is 17.8. The zero-order chi connectivity index (χ0) is 19.7. The number of methoxy groups -OCH3 is 1. The summed E-state index contributed by atoms with van der Waals surface area (Å²) >= 11 is 1.54. The SMILES string of the molecule is COc1ccccc1NC(=O)C1=C(C)Nc2c(C#N)cnn2[C@@H]1c1cccs1. The summed E-state index contributed by atoms with van der Waals surface area (Å²) in [7, 11) is 1.56. The minimum absolute atomic E-state index is 0.257. The minimum atomic E-state index is -0.423. The number of nitriles is 1. The molecule has 3 heterocycles. The Morgan fingerprint density at radius 3 is 2.89 bits per heavy atom. The Morgan fingerprint density at radius 1 is 1.36 bits per heavy atom. The number of ether oxygens (including phenoxy) is 1. The molecule has 2 aromatic heterocycles. The summed E-state index contributed by atoms with van der Waals surface area (Å²) in [5.74, 6) is 0.914. The van der Waals surface area contributed by atoms with E-state index in [1.165, 1.54) is 17.5 Å². The molecule has 28 heavy (non-hydrogen) atoms. The van der Waals surface area contributed by atoms with E-state index in [1.54, 1.807) is 23.9 Å². The van der Waals surface area contributed by atoms with Crippen LogP contribution in [0.25, 0.3) is 0 Å². The molecule has 7 nitrogen and oxygen atoms in total. The van der Waals surface area contributed by atoms with E-state index in [9.17, 15) is 10.1 Å². The van der Waals surface area contributed by atoms with Gasteiger partial charge in [-0.05, 0) is 30.5 Å². The lowest BCUT2D eigenvalue weighted by Gasteiger charge is -2.29. The molecule has 0 saturated heterocycles. The summed E-state index contributed by atoms with van der Waals surface area (Å²) in [6.45, 7) is 1.83. The Hall–Kier alpha value is -3.57. The van der Waals surface area contributed by atoms with Crippen molar-refractivity contribution in [3.63, 3.8) is 0 Å². The predicted octanol–water partition coefficient (Wildman–Crippen LogP) is 3.75. The summed E-state index contributed by atoms with van der Waals surface area (Å²) in [5, 5.41) is 21.8. The fraction of sp³-hybridized carbons (Fsp3) is 0.150. The highest BCUT2D eigenvalue weighted by molar-refractivity contribution is 7.10. The molecule has 0 unspecified atom stereocenters. The molecular formula is C20H17N5O2S. The molecule has 0 bridgehead atoms. The van der Waals surface area contributed by atoms with E-state index in [-0.39, 0.29) is 5.91 Å². The smallest absolute Gasteiger partial charge is 0.256 e. The van der Waals surface area contributed by atoms with Gasteiger partial charge in [0.15, 0.2) is 0 Å². The number of benzene rings is 1. The maximum Gasteiger partial charge on any atom is 0.256 e. The van der Waals surface area contributed by atoms with Crippen molar-refractivity contribution in [3.8, 4) is 11.8 Å². The average Bonchev–Trinajstić information content (AvgIpc) is 3.37. The number of allylic oxidation sites excluding steroid dienone is 1. The average molecular weight is 391 g/mol. The summed E-state index contributed by atoms with van der Waals surface area (Å²) < 4.78 is 7.02. The van der Waals surface area contributed by atoms with Gasteiger partial charge in [-0.1, -0.05) is 18.2 Å². The van der Waals surface area contributed by atoms with E-state index < -0.39 is 6.04 Å². The van der Waals surface area contributed by atoms with Crippen molar-refractivity contribution in [3.05, 3.63) is 69.7 Å². The van der Waals surface area contributed by atoms with Gasteiger partial charge >= 0.3 is 0 Å². The van der Waals surface area contributed by atoms with Crippen LogP contribution in [0.5, 0.6) is 5.75 Å². The predicted molar refractivity (Wildman–Crippen MR) is 107 cm³/mol. The third-order valence-electron chi connectivity index (χ3n) is 4.56. The summed E-state index contributed by atoms with van der Waals surface area (Å²) in [6, 6.07) is 12.9. The third kappa shape index (κ3) is 2.92. The minimum Gasteiger partial charge on any atom is -0.495 e. The highest BCUT2D eigenvalue weighted by Gasteiger charge is 2.35. The molecule has 0 radical (unpaired) electrons. The van der Waals surface area contributed by atoms with Crippen molar-refractivity contribution in [2.24, 2.45) is 0 Å². The van der Waals surface area contributed by atoms with Gasteiger partial charge in [0.2, 0.25) is 0 Å². The number of para-hydroxylation sites is 2. The molecule has 0 saturated carbocycles. The Labute approximate surface area is 165 Å². The third-order valence-corrected chi connectivity index (χ3v) is 5.48. The monoisotopic (exact) mass is 391 g/mol. The number of nitrogens with one attached hydrogen (secondary N) is 2. The number of nitrogens with zero attached hydrogens (tertiary/aromatic N) is 3. The van der Waals surface area contributed by atoms with Crippen LogP contribution < -0.4 is 15.4 Å². The van der Waals surface area contributed by atoms with E-state index in [2.05, 4.69) is 21.8 Å². The number of amides is 1. The van der Waals surface area contributed by atoms with Crippen molar-refractivity contribution < 1.29 is 9.53 Å². The van der Waals surface area contributed by atoms with E-state index in [0.717, 1.165) is 4.88 Å². The maximum absolute atomic E-state index is 13.3. The van der Waals surface area contributed by atoms with Gasteiger partial charge in [-0.2, -0.15) is 10.4 Å². The second kappa shape index (κ2) is 7.21. The molecule has 4 rings (SSSR count). The lowest BCUT2D eigenvalue weighted by molar-refractivity contribution is -0.113. The van der Waals surface area contributed by atoms with Crippen LogP contribution in [-0.4, -0.2) is 22.8 Å². The number of rotatable bonds is 4. The summed E-state index contributed by atoms with van der Waals surface area (Å²) in [5.41, 5.74) is 2.23. The molecule has 1 atom stereocenters. The standard InChI is InChI=1S/C20H17N5O2S/c1-12-17(20(26)24-14-6-3-4-7-15(14)27-2)18(16-8-5-9-28-16)25-19(23-12)13(10-21)11-22-25/h3-9,11,18,23H,1-2H3,(H,24,26)/t18-/m1/s1. The molecule has 0 aliphatic carbocycles. The number of anilines is 2. The molecule has 1 aliphatic rings. The lowest BCUT2D eigenvalue weighted by Crippen LogP contribution is -2.31. The number of aromatic nitrogens is 2. The Balaban J connectivity index is 1.78. The molecule has 1 amide bonds. The molecule has 3 aromatic rings. The fourth-order valence-corrected chi connectivity index (χ4v) is 4.10. The Bertz CT molecular complexity index is 1110. The van der Waals surface area contributed by atoms with Crippen LogP contribution in [-0.2, 0) is 4.79 Å². The van der Waals surface area contributed by atoms with Crippen molar-refractivity contribution in [1.82, 2.24) is 9.78 Å². The number of hydrogen-bond acceptors (Lipinski definition) is 6. The molecular weight excluding hydrogens is 374 g/mol. The zero-order valence-electron chi connectivity index (χ0n) is 15.3. The molecule has 1 aromatic carbocycles. The highest BCUT2D eigenvalue weighted by atomic mass is 32.1. The van der Waals surface area contributed by atoms with E-state index >= 15 is 0 Å². The van der Waals surface area contributed by atoms with Crippen molar-refractivity contribution in [2.45, 2.75) is 13.0 Å². The van der Waals surface area contributed by atoms with Crippen LogP contribution in [0.2, 0.25) is 0 Å². The maximum atomic E-state index is 13.3. The largest absolute Gasteiger partial charge is 0.495 e. The van der Waals surface area contributed by atoms with Crippen LogP contribution in [0.1, 0.15) is 23.4 Å². The topological polar surface area (TPSA) is 92.0 Å². The molecule has 140 valence electrons. The van der Waals surface area contributed by atoms with Gasteiger partial charge in [0.25, 0.3) is 5.91 Å². The van der Waals surface area contributed by atoms with Gasteiger partial charge in [0.1, 0.15) is 29.2 Å². The van der Waals surface area contributed by atoms with Gasteiger partial charge in [-0.15, -0.1) is 11.3 Å². The first-order chi connectivity index (χ1) is 13.6. The quantitative estimate of drug-likeness (QED) is 0.707. The molecule has 8 heteroatoms. The lowest BCUT2D eigenvalue weighted by atomic mass is 10.00. The highest BCUT2D eigenvalue weighted by Crippen LogP contribution is 2.39. The van der Waals surface area contributed by atoms with E-state index in [4.69, 9.17) is 4.74 Å². The molecule has 0 spiro atoms. The van der Waals surface area contributed by atoms with Gasteiger partial charge < -0.3 is 15.4 Å². The van der Waals surface area contributed by atoms with Gasteiger partial charge in [0, 0.05) is 10.6 Å². The van der Waals surface area contributed by atoms with Crippen LogP contribution in [0.3, 0.4) is 0 Å². The number of carbonyl (C=O) groups is 1. The van der Waals surface area contributed by atoms with Crippen LogP contribution in [0.15, 0.2) is 59.2 Å². The second-order valence-electron chi connectivity index (χ2n) is 6.20. The van der Waals surface area contributed by atoms with Crippen molar-refractivity contribution in [1.29, 1.82) is 5.26 Å². The van der Waals surface area contributed by atoms with Crippen molar-refractivity contribution in [2.75, 3.05) is 17.7 Å². The van der Waals surface area contributed by atoms with Crippen molar-refractivity contribution >= 4 is 28.7 Å². The van der Waals surface area contributed by atoms with Gasteiger partial charge in [0.05, 0.1) is 24.6 Å². The van der Waals surface area contributed by atoms with Gasteiger partial charge in [-0.25, -0.2) is 4.68 Å².